The van der Waals surface area contributed by atoms with Gasteiger partial charge in [0.15, 0.2) is 0 Å². The summed E-state index contributed by atoms with van der Waals surface area (Å²) in [7, 11) is 0. The molecular formula is C19H25N3O2S. The van der Waals surface area contributed by atoms with Crippen molar-refractivity contribution in [2.75, 3.05) is 26.3 Å². The Bertz CT molecular complexity index is 683. The van der Waals surface area contributed by atoms with Crippen LogP contribution in [0.2, 0.25) is 0 Å². The Morgan fingerprint density at radius 3 is 3.00 bits per heavy atom. The van der Waals surface area contributed by atoms with Crippen LogP contribution < -0.4 is 4.74 Å². The highest BCUT2D eigenvalue weighted by molar-refractivity contribution is 7.09. The summed E-state index contributed by atoms with van der Waals surface area (Å²) in [6.07, 6.45) is 7.26. The van der Waals surface area contributed by atoms with Crippen molar-refractivity contribution >= 4 is 11.3 Å². The van der Waals surface area contributed by atoms with Crippen LogP contribution in [-0.2, 0) is 11.3 Å². The highest BCUT2D eigenvalue weighted by Gasteiger charge is 2.42. The lowest BCUT2D eigenvalue weighted by Crippen LogP contribution is -2.40. The molecule has 0 aliphatic carbocycles. The van der Waals surface area contributed by atoms with E-state index in [0.29, 0.717) is 12.0 Å². The topological polar surface area (TPSA) is 47.5 Å². The molecule has 2 fully saturated rings. The van der Waals surface area contributed by atoms with Gasteiger partial charge in [-0.2, -0.15) is 0 Å². The Morgan fingerprint density at radius 2 is 2.28 bits per heavy atom. The maximum atomic E-state index is 6.06. The molecule has 2 aliphatic rings. The maximum absolute atomic E-state index is 6.06. The number of rotatable bonds is 5. The van der Waals surface area contributed by atoms with Gasteiger partial charge < -0.3 is 9.47 Å². The first kappa shape index (κ1) is 16.9. The molecule has 134 valence electrons. The zero-order valence-electron chi connectivity index (χ0n) is 14.7. The number of aromatic nitrogens is 2. The summed E-state index contributed by atoms with van der Waals surface area (Å²) in [6.45, 7) is 6.95. The zero-order valence-corrected chi connectivity index (χ0v) is 15.5. The van der Waals surface area contributed by atoms with Gasteiger partial charge in [0.1, 0.15) is 12.4 Å². The molecule has 1 atom stereocenters. The first-order chi connectivity index (χ1) is 12.2. The second kappa shape index (κ2) is 7.40. The highest BCUT2D eigenvalue weighted by Crippen LogP contribution is 2.42. The van der Waals surface area contributed by atoms with E-state index in [0.717, 1.165) is 38.4 Å². The van der Waals surface area contributed by atoms with E-state index in [1.54, 1.807) is 23.7 Å². The van der Waals surface area contributed by atoms with Crippen molar-refractivity contribution in [3.63, 3.8) is 0 Å². The largest absolute Gasteiger partial charge is 0.489 e. The molecule has 0 amide bonds. The number of thiazole rings is 1. The van der Waals surface area contributed by atoms with Crippen LogP contribution >= 0.6 is 11.3 Å². The molecule has 2 aromatic rings. The van der Waals surface area contributed by atoms with E-state index in [1.807, 2.05) is 17.6 Å². The minimum absolute atomic E-state index is 0.204. The van der Waals surface area contributed by atoms with E-state index < -0.39 is 0 Å². The summed E-state index contributed by atoms with van der Waals surface area (Å²) in [6, 6.07) is 3.84. The SMILES string of the molecule is Cc1ncsc1CN1CCC2(CC1)COC(COc1cccnc1)C2. The average molecular weight is 359 g/mol. The normalized spacial score (nSPS) is 23.2. The summed E-state index contributed by atoms with van der Waals surface area (Å²) < 4.78 is 11.9. The zero-order chi connectivity index (χ0) is 17.1. The Kier molecular flexibility index (Phi) is 5.01. The van der Waals surface area contributed by atoms with Crippen LogP contribution in [0.4, 0.5) is 0 Å². The molecule has 0 aromatic carbocycles. The molecule has 4 rings (SSSR count). The molecule has 5 nitrogen and oxygen atoms in total. The van der Waals surface area contributed by atoms with Crippen molar-refractivity contribution in [1.29, 1.82) is 0 Å². The molecule has 1 spiro atoms. The number of pyridine rings is 1. The van der Waals surface area contributed by atoms with E-state index in [2.05, 4.69) is 21.8 Å². The summed E-state index contributed by atoms with van der Waals surface area (Å²) >= 11 is 1.77. The Morgan fingerprint density at radius 1 is 1.40 bits per heavy atom. The Labute approximate surface area is 153 Å². The monoisotopic (exact) mass is 359 g/mol. The van der Waals surface area contributed by atoms with Gasteiger partial charge in [-0.15, -0.1) is 11.3 Å². The highest BCUT2D eigenvalue weighted by atomic mass is 32.1. The molecule has 0 bridgehead atoms. The molecule has 2 aromatic heterocycles. The number of ether oxygens (including phenoxy) is 2. The summed E-state index contributed by atoms with van der Waals surface area (Å²) in [4.78, 5) is 12.4. The van der Waals surface area contributed by atoms with Gasteiger partial charge in [-0.25, -0.2) is 4.98 Å². The summed E-state index contributed by atoms with van der Waals surface area (Å²) in [5, 5.41) is 0. The van der Waals surface area contributed by atoms with Gasteiger partial charge in [0, 0.05) is 17.6 Å². The van der Waals surface area contributed by atoms with E-state index in [-0.39, 0.29) is 6.10 Å². The lowest BCUT2D eigenvalue weighted by molar-refractivity contribution is 0.0471. The lowest BCUT2D eigenvalue weighted by atomic mass is 9.76. The van der Waals surface area contributed by atoms with E-state index in [1.165, 1.54) is 23.4 Å². The first-order valence-corrected chi connectivity index (χ1v) is 9.86. The van der Waals surface area contributed by atoms with E-state index in [9.17, 15) is 0 Å². The molecule has 2 saturated heterocycles. The van der Waals surface area contributed by atoms with Gasteiger partial charge in [0.05, 0.1) is 30.1 Å². The molecule has 1 unspecified atom stereocenters. The second-order valence-electron chi connectivity index (χ2n) is 7.27. The quantitative estimate of drug-likeness (QED) is 0.820. The molecule has 0 N–H and O–H groups in total. The summed E-state index contributed by atoms with van der Waals surface area (Å²) in [5.74, 6) is 0.821. The van der Waals surface area contributed by atoms with Crippen LogP contribution in [0, 0.1) is 12.3 Å². The molecule has 4 heterocycles. The minimum Gasteiger partial charge on any atom is -0.489 e. The van der Waals surface area contributed by atoms with Gasteiger partial charge in [-0.1, -0.05) is 0 Å². The fraction of sp³-hybridized carbons (Fsp3) is 0.579. The third-order valence-electron chi connectivity index (χ3n) is 5.48. The van der Waals surface area contributed by atoms with Crippen LogP contribution in [0.25, 0.3) is 0 Å². The van der Waals surface area contributed by atoms with Crippen molar-refractivity contribution in [2.24, 2.45) is 5.41 Å². The van der Waals surface area contributed by atoms with Crippen LogP contribution in [0.1, 0.15) is 29.8 Å². The Balaban J connectivity index is 1.25. The van der Waals surface area contributed by atoms with Crippen molar-refractivity contribution in [2.45, 2.75) is 38.8 Å². The van der Waals surface area contributed by atoms with Gasteiger partial charge in [0.2, 0.25) is 0 Å². The van der Waals surface area contributed by atoms with Gasteiger partial charge in [-0.3, -0.25) is 9.88 Å². The van der Waals surface area contributed by atoms with Crippen LogP contribution in [0.15, 0.2) is 30.0 Å². The maximum Gasteiger partial charge on any atom is 0.137 e. The van der Waals surface area contributed by atoms with E-state index in [4.69, 9.17) is 9.47 Å². The van der Waals surface area contributed by atoms with Crippen LogP contribution in [-0.4, -0.2) is 47.3 Å². The van der Waals surface area contributed by atoms with Crippen LogP contribution in [0.3, 0.4) is 0 Å². The Hall–Kier alpha value is -1.50. The molecule has 6 heteroatoms. The number of likely N-dealkylation sites (tertiary alicyclic amines) is 1. The predicted molar refractivity (Wildman–Crippen MR) is 97.9 cm³/mol. The molecule has 25 heavy (non-hydrogen) atoms. The predicted octanol–water partition coefficient (Wildman–Crippen LogP) is 3.30. The van der Waals surface area contributed by atoms with E-state index >= 15 is 0 Å². The summed E-state index contributed by atoms with van der Waals surface area (Å²) in [5.41, 5.74) is 3.48. The number of aryl methyl sites for hydroxylation is 1. The molecule has 0 saturated carbocycles. The fourth-order valence-corrected chi connectivity index (χ4v) is 4.66. The van der Waals surface area contributed by atoms with Crippen molar-refractivity contribution < 1.29 is 9.47 Å². The molecular weight excluding hydrogens is 334 g/mol. The molecule has 0 radical (unpaired) electrons. The van der Waals surface area contributed by atoms with Crippen LogP contribution in [0.5, 0.6) is 5.75 Å². The minimum atomic E-state index is 0.204. The lowest BCUT2D eigenvalue weighted by Gasteiger charge is -2.38. The number of nitrogens with zero attached hydrogens (tertiary/aromatic N) is 3. The van der Waals surface area contributed by atoms with Crippen molar-refractivity contribution in [3.8, 4) is 5.75 Å². The number of hydrogen-bond donors (Lipinski definition) is 0. The number of piperidine rings is 1. The third-order valence-corrected chi connectivity index (χ3v) is 6.40. The van der Waals surface area contributed by atoms with Gasteiger partial charge in [-0.05, 0) is 56.8 Å². The van der Waals surface area contributed by atoms with Crippen molar-refractivity contribution in [3.05, 3.63) is 40.6 Å². The van der Waals surface area contributed by atoms with Gasteiger partial charge in [0.25, 0.3) is 0 Å². The molecule has 2 aliphatic heterocycles. The smallest absolute Gasteiger partial charge is 0.137 e. The standard InChI is InChI=1S/C19H25N3O2S/c1-15-18(25-14-21-15)11-22-7-4-19(5-8-22)9-17(24-13-19)12-23-16-3-2-6-20-10-16/h2-3,6,10,14,17H,4-5,7-9,11-13H2,1H3. The third kappa shape index (κ3) is 4.02. The second-order valence-corrected chi connectivity index (χ2v) is 8.21. The first-order valence-electron chi connectivity index (χ1n) is 8.98. The number of hydrogen-bond acceptors (Lipinski definition) is 6. The fourth-order valence-electron chi connectivity index (χ4n) is 3.84. The average Bonchev–Trinajstić information content (AvgIpc) is 3.23. The van der Waals surface area contributed by atoms with Gasteiger partial charge >= 0.3 is 0 Å². The van der Waals surface area contributed by atoms with Crippen molar-refractivity contribution in [1.82, 2.24) is 14.9 Å².